The Bertz CT molecular complexity index is 1290. The summed E-state index contributed by atoms with van der Waals surface area (Å²) in [4.78, 5) is 12.5. The van der Waals surface area contributed by atoms with Gasteiger partial charge in [0.25, 0.3) is 0 Å². The van der Waals surface area contributed by atoms with Crippen molar-refractivity contribution in [3.05, 3.63) is 95.8 Å². The molecule has 0 aliphatic heterocycles. The molecule has 0 radical (unpaired) electrons. The molecule has 1 N–H and O–H groups in total. The first-order valence-corrected chi connectivity index (χ1v) is 11.6. The Balaban J connectivity index is 1.52. The second-order valence-electron chi connectivity index (χ2n) is 7.55. The van der Waals surface area contributed by atoms with Gasteiger partial charge in [-0.05, 0) is 43.3 Å². The number of benzene rings is 3. The van der Waals surface area contributed by atoms with E-state index in [9.17, 15) is 18.0 Å². The number of nitrogens with zero attached hydrogens (tertiary/aromatic N) is 3. The first-order chi connectivity index (χ1) is 16.8. The SMILES string of the molecule is Cc1ccc(-n2c(COc3ccccc3)nnc2SCC(=O)Nc2ccccc2C(F)(F)F)cc1. The lowest BCUT2D eigenvalue weighted by Crippen LogP contribution is -2.18. The average molecular weight is 499 g/mol. The summed E-state index contributed by atoms with van der Waals surface area (Å²) < 4.78 is 47.3. The van der Waals surface area contributed by atoms with E-state index < -0.39 is 17.6 Å². The largest absolute Gasteiger partial charge is 0.486 e. The monoisotopic (exact) mass is 498 g/mol. The molecule has 0 unspecified atom stereocenters. The lowest BCUT2D eigenvalue weighted by atomic mass is 10.1. The standard InChI is InChI=1S/C25H21F3N4O2S/c1-17-11-13-18(14-12-17)32-22(15-34-19-7-3-2-4-8-19)30-31-24(32)35-16-23(33)29-21-10-6-5-9-20(21)25(26,27)28/h2-14H,15-16H2,1H3,(H,29,33). The van der Waals surface area contributed by atoms with E-state index in [4.69, 9.17) is 4.74 Å². The molecule has 0 aliphatic rings. The van der Waals surface area contributed by atoms with Crippen LogP contribution >= 0.6 is 11.8 Å². The number of hydrogen-bond acceptors (Lipinski definition) is 5. The number of rotatable bonds is 8. The Morgan fingerprint density at radius 2 is 1.66 bits per heavy atom. The van der Waals surface area contributed by atoms with E-state index in [-0.39, 0.29) is 18.0 Å². The van der Waals surface area contributed by atoms with Crippen LogP contribution < -0.4 is 10.1 Å². The molecule has 0 atom stereocenters. The highest BCUT2D eigenvalue weighted by Gasteiger charge is 2.33. The highest BCUT2D eigenvalue weighted by Crippen LogP contribution is 2.34. The van der Waals surface area contributed by atoms with Crippen LogP contribution in [0, 0.1) is 6.92 Å². The zero-order chi connectivity index (χ0) is 24.8. The van der Waals surface area contributed by atoms with Crippen LogP contribution in [0.1, 0.15) is 17.0 Å². The summed E-state index contributed by atoms with van der Waals surface area (Å²) in [5.74, 6) is 0.438. The van der Waals surface area contributed by atoms with Gasteiger partial charge in [-0.3, -0.25) is 9.36 Å². The maximum Gasteiger partial charge on any atom is 0.418 e. The van der Waals surface area contributed by atoms with Crippen molar-refractivity contribution in [2.75, 3.05) is 11.1 Å². The molecule has 35 heavy (non-hydrogen) atoms. The van der Waals surface area contributed by atoms with E-state index in [0.29, 0.717) is 16.7 Å². The fourth-order valence-electron chi connectivity index (χ4n) is 3.26. The molecular formula is C25H21F3N4O2S. The van der Waals surface area contributed by atoms with Crippen LogP contribution in [-0.4, -0.2) is 26.4 Å². The molecule has 180 valence electrons. The van der Waals surface area contributed by atoms with E-state index in [1.54, 1.807) is 4.57 Å². The first-order valence-electron chi connectivity index (χ1n) is 10.6. The number of para-hydroxylation sites is 2. The summed E-state index contributed by atoms with van der Waals surface area (Å²) in [5.41, 5.74) is 0.655. The predicted octanol–water partition coefficient (Wildman–Crippen LogP) is 5.90. The molecular weight excluding hydrogens is 477 g/mol. The number of alkyl halides is 3. The number of ether oxygens (including phenoxy) is 1. The van der Waals surface area contributed by atoms with E-state index >= 15 is 0 Å². The van der Waals surface area contributed by atoms with Crippen LogP contribution in [-0.2, 0) is 17.6 Å². The number of carbonyl (C=O) groups excluding carboxylic acids is 1. The summed E-state index contributed by atoms with van der Waals surface area (Å²) in [7, 11) is 0. The van der Waals surface area contributed by atoms with Gasteiger partial charge in [-0.25, -0.2) is 0 Å². The normalized spacial score (nSPS) is 11.3. The summed E-state index contributed by atoms with van der Waals surface area (Å²) in [5, 5.41) is 11.2. The van der Waals surface area contributed by atoms with Gasteiger partial charge in [-0.1, -0.05) is 59.8 Å². The van der Waals surface area contributed by atoms with Gasteiger partial charge in [-0.15, -0.1) is 10.2 Å². The molecule has 4 rings (SSSR count). The van der Waals surface area contributed by atoms with Gasteiger partial charge in [0.05, 0.1) is 17.0 Å². The van der Waals surface area contributed by atoms with Crippen LogP contribution in [0.2, 0.25) is 0 Å². The minimum Gasteiger partial charge on any atom is -0.486 e. The highest BCUT2D eigenvalue weighted by molar-refractivity contribution is 7.99. The fraction of sp³-hybridized carbons (Fsp3) is 0.160. The molecule has 1 heterocycles. The van der Waals surface area contributed by atoms with Crippen molar-refractivity contribution in [2.24, 2.45) is 0 Å². The number of hydrogen-bond donors (Lipinski definition) is 1. The molecule has 0 aliphatic carbocycles. The van der Waals surface area contributed by atoms with Crippen LogP contribution in [0.5, 0.6) is 5.75 Å². The third kappa shape index (κ3) is 6.21. The number of thioether (sulfide) groups is 1. The summed E-state index contributed by atoms with van der Waals surface area (Å²) in [6, 6.07) is 21.8. The minimum atomic E-state index is -4.57. The van der Waals surface area contributed by atoms with Gasteiger partial charge in [0.15, 0.2) is 11.0 Å². The smallest absolute Gasteiger partial charge is 0.418 e. The van der Waals surface area contributed by atoms with E-state index in [2.05, 4.69) is 15.5 Å². The van der Waals surface area contributed by atoms with E-state index in [1.807, 2.05) is 61.5 Å². The van der Waals surface area contributed by atoms with Gasteiger partial charge < -0.3 is 10.1 Å². The Morgan fingerprint density at radius 3 is 2.37 bits per heavy atom. The van der Waals surface area contributed by atoms with Crippen molar-refractivity contribution < 1.29 is 22.7 Å². The topological polar surface area (TPSA) is 69.0 Å². The number of aryl methyl sites for hydroxylation is 1. The lowest BCUT2D eigenvalue weighted by molar-refractivity contribution is -0.137. The average Bonchev–Trinajstić information content (AvgIpc) is 3.25. The fourth-order valence-corrected chi connectivity index (χ4v) is 4.03. The molecule has 0 spiro atoms. The zero-order valence-electron chi connectivity index (χ0n) is 18.6. The van der Waals surface area contributed by atoms with Crippen LogP contribution in [0.4, 0.5) is 18.9 Å². The Labute approximate surface area is 204 Å². The molecule has 10 heteroatoms. The lowest BCUT2D eigenvalue weighted by Gasteiger charge is -2.14. The predicted molar refractivity (Wildman–Crippen MR) is 128 cm³/mol. The molecule has 1 aromatic heterocycles. The molecule has 4 aromatic rings. The quantitative estimate of drug-likeness (QED) is 0.306. The van der Waals surface area contributed by atoms with Crippen molar-refractivity contribution >= 4 is 23.4 Å². The van der Waals surface area contributed by atoms with Crippen molar-refractivity contribution in [1.29, 1.82) is 0 Å². The second-order valence-corrected chi connectivity index (χ2v) is 8.49. The maximum absolute atomic E-state index is 13.2. The third-order valence-corrected chi connectivity index (χ3v) is 5.87. The highest BCUT2D eigenvalue weighted by atomic mass is 32.2. The third-order valence-electron chi connectivity index (χ3n) is 4.94. The number of nitrogens with one attached hydrogen (secondary N) is 1. The summed E-state index contributed by atoms with van der Waals surface area (Å²) >= 11 is 1.07. The molecule has 0 bridgehead atoms. The molecule has 0 fully saturated rings. The molecule has 6 nitrogen and oxygen atoms in total. The Kier molecular flexibility index (Phi) is 7.40. The van der Waals surface area contributed by atoms with Gasteiger partial charge >= 0.3 is 6.18 Å². The number of aromatic nitrogens is 3. The van der Waals surface area contributed by atoms with Crippen molar-refractivity contribution in [2.45, 2.75) is 24.9 Å². The minimum absolute atomic E-state index is 0.136. The van der Waals surface area contributed by atoms with Gasteiger partial charge in [0.2, 0.25) is 5.91 Å². The second kappa shape index (κ2) is 10.6. The van der Waals surface area contributed by atoms with Crippen molar-refractivity contribution in [3.8, 4) is 11.4 Å². The van der Waals surface area contributed by atoms with Gasteiger partial charge in [-0.2, -0.15) is 13.2 Å². The molecule has 0 saturated heterocycles. The molecule has 1 amide bonds. The maximum atomic E-state index is 13.2. The number of anilines is 1. The van der Waals surface area contributed by atoms with E-state index in [0.717, 1.165) is 29.1 Å². The Morgan fingerprint density at radius 1 is 0.971 bits per heavy atom. The van der Waals surface area contributed by atoms with Crippen LogP contribution in [0.15, 0.2) is 84.0 Å². The van der Waals surface area contributed by atoms with Gasteiger partial charge in [0.1, 0.15) is 12.4 Å². The summed E-state index contributed by atoms with van der Waals surface area (Å²) in [6.07, 6.45) is -4.57. The first kappa shape index (κ1) is 24.3. The molecule has 0 saturated carbocycles. The van der Waals surface area contributed by atoms with E-state index in [1.165, 1.54) is 18.2 Å². The zero-order valence-corrected chi connectivity index (χ0v) is 19.4. The number of carbonyl (C=O) groups is 1. The van der Waals surface area contributed by atoms with Crippen LogP contribution in [0.3, 0.4) is 0 Å². The van der Waals surface area contributed by atoms with Crippen molar-refractivity contribution in [3.63, 3.8) is 0 Å². The van der Waals surface area contributed by atoms with Gasteiger partial charge in [0, 0.05) is 5.69 Å². The summed E-state index contributed by atoms with van der Waals surface area (Å²) in [6.45, 7) is 2.10. The number of amides is 1. The van der Waals surface area contributed by atoms with Crippen molar-refractivity contribution in [1.82, 2.24) is 14.8 Å². The Hall–Kier alpha value is -3.79. The van der Waals surface area contributed by atoms with Crippen LogP contribution in [0.25, 0.3) is 5.69 Å². The molecule has 3 aromatic carbocycles. The number of halogens is 3.